The number of nitrogen functional groups attached to an aromatic ring is 1. The quantitative estimate of drug-likeness (QED) is 0.810. The number of benzene rings is 1. The van der Waals surface area contributed by atoms with Gasteiger partial charge in [-0.25, -0.2) is 0 Å². The zero-order valence-corrected chi connectivity index (χ0v) is 9.30. The molecule has 1 rings (SSSR count). The fourth-order valence-electron chi connectivity index (χ4n) is 0.956. The van der Waals surface area contributed by atoms with Crippen LogP contribution < -0.4 is 11.1 Å². The second-order valence-electron chi connectivity index (χ2n) is 2.72. The van der Waals surface area contributed by atoms with Gasteiger partial charge >= 0.3 is 0 Å². The van der Waals surface area contributed by atoms with Gasteiger partial charge in [-0.3, -0.25) is 4.79 Å². The lowest BCUT2D eigenvalue weighted by atomic mass is 10.3. The van der Waals surface area contributed by atoms with Crippen molar-refractivity contribution >= 4 is 33.2 Å². The number of ether oxygens (including phenoxy) is 1. The molecule has 0 aliphatic carbocycles. The van der Waals surface area contributed by atoms with E-state index in [0.29, 0.717) is 11.4 Å². The highest BCUT2D eigenvalue weighted by molar-refractivity contribution is 9.10. The van der Waals surface area contributed by atoms with Crippen LogP contribution in [-0.4, -0.2) is 19.6 Å². The molecule has 0 bridgehead atoms. The van der Waals surface area contributed by atoms with Crippen LogP contribution in [0.4, 0.5) is 11.4 Å². The minimum atomic E-state index is -0.209. The average Bonchev–Trinajstić information content (AvgIpc) is 2.12. The maximum atomic E-state index is 11.2. The predicted molar refractivity (Wildman–Crippen MR) is 59.1 cm³/mol. The van der Waals surface area contributed by atoms with E-state index in [1.807, 2.05) is 0 Å². The van der Waals surface area contributed by atoms with Gasteiger partial charge < -0.3 is 15.8 Å². The third-order valence-electron chi connectivity index (χ3n) is 1.54. The van der Waals surface area contributed by atoms with E-state index in [0.717, 1.165) is 4.47 Å². The molecule has 14 heavy (non-hydrogen) atoms. The maximum Gasteiger partial charge on any atom is 0.250 e. The summed E-state index contributed by atoms with van der Waals surface area (Å²) in [4.78, 5) is 11.2. The van der Waals surface area contributed by atoms with Gasteiger partial charge in [-0.1, -0.05) is 0 Å². The number of hydrogen-bond acceptors (Lipinski definition) is 3. The lowest BCUT2D eigenvalue weighted by Gasteiger charge is -2.07. The van der Waals surface area contributed by atoms with Gasteiger partial charge in [0, 0.05) is 17.3 Å². The largest absolute Gasteiger partial charge is 0.399 e. The molecule has 5 heteroatoms. The highest BCUT2D eigenvalue weighted by Crippen LogP contribution is 2.24. The molecule has 3 N–H and O–H groups in total. The Morgan fingerprint density at radius 3 is 3.00 bits per heavy atom. The fraction of sp³-hybridized carbons (Fsp3) is 0.222. The van der Waals surface area contributed by atoms with Crippen LogP contribution in [0.15, 0.2) is 22.7 Å². The highest BCUT2D eigenvalue weighted by Gasteiger charge is 2.04. The molecule has 1 aromatic rings. The third-order valence-corrected chi connectivity index (χ3v) is 2.23. The average molecular weight is 259 g/mol. The van der Waals surface area contributed by atoms with Gasteiger partial charge in [0.15, 0.2) is 0 Å². The zero-order valence-electron chi connectivity index (χ0n) is 7.71. The number of amides is 1. The van der Waals surface area contributed by atoms with Crippen LogP contribution in [-0.2, 0) is 9.53 Å². The Balaban J connectivity index is 2.75. The van der Waals surface area contributed by atoms with Crippen molar-refractivity contribution in [3.05, 3.63) is 22.7 Å². The lowest BCUT2D eigenvalue weighted by molar-refractivity contribution is -0.119. The fourth-order valence-corrected chi connectivity index (χ4v) is 1.30. The first-order valence-corrected chi connectivity index (χ1v) is 4.76. The molecule has 0 aliphatic heterocycles. The summed E-state index contributed by atoms with van der Waals surface area (Å²) in [6.45, 7) is 0.0290. The zero-order chi connectivity index (χ0) is 10.6. The van der Waals surface area contributed by atoms with E-state index in [2.05, 4.69) is 26.0 Å². The molecule has 0 atom stereocenters. The monoisotopic (exact) mass is 258 g/mol. The van der Waals surface area contributed by atoms with Gasteiger partial charge in [0.1, 0.15) is 6.61 Å². The van der Waals surface area contributed by atoms with Crippen molar-refractivity contribution in [2.24, 2.45) is 0 Å². The third kappa shape index (κ3) is 3.01. The summed E-state index contributed by atoms with van der Waals surface area (Å²) in [5.41, 5.74) is 6.82. The standard InChI is InChI=1S/C9H11BrN2O2/c1-14-5-9(13)12-8-4-6(11)2-3-7(8)10/h2-4H,5,11H2,1H3,(H,12,13). The van der Waals surface area contributed by atoms with Gasteiger partial charge in [0.05, 0.1) is 5.69 Å². The summed E-state index contributed by atoms with van der Waals surface area (Å²) in [6.07, 6.45) is 0. The summed E-state index contributed by atoms with van der Waals surface area (Å²) in [6, 6.07) is 5.20. The van der Waals surface area contributed by atoms with Crippen LogP contribution >= 0.6 is 15.9 Å². The van der Waals surface area contributed by atoms with Crippen molar-refractivity contribution in [1.29, 1.82) is 0 Å². The molecule has 0 unspecified atom stereocenters. The summed E-state index contributed by atoms with van der Waals surface area (Å²) < 4.78 is 5.48. The molecule has 0 spiro atoms. The van der Waals surface area contributed by atoms with E-state index in [1.54, 1.807) is 18.2 Å². The molecule has 0 fully saturated rings. The second-order valence-corrected chi connectivity index (χ2v) is 3.57. The smallest absolute Gasteiger partial charge is 0.250 e. The Labute approximate surface area is 90.6 Å². The summed E-state index contributed by atoms with van der Waals surface area (Å²) in [5, 5.41) is 2.66. The van der Waals surface area contributed by atoms with Crippen LogP contribution in [0.5, 0.6) is 0 Å². The Morgan fingerprint density at radius 1 is 1.64 bits per heavy atom. The topological polar surface area (TPSA) is 64.3 Å². The van der Waals surface area contributed by atoms with Gasteiger partial charge in [-0.2, -0.15) is 0 Å². The van der Waals surface area contributed by atoms with E-state index < -0.39 is 0 Å². The summed E-state index contributed by atoms with van der Waals surface area (Å²) in [5.74, 6) is -0.209. The van der Waals surface area contributed by atoms with Crippen molar-refractivity contribution in [3.8, 4) is 0 Å². The Hall–Kier alpha value is -1.07. The molecular formula is C9H11BrN2O2. The Bertz CT molecular complexity index is 342. The van der Waals surface area contributed by atoms with Crippen molar-refractivity contribution < 1.29 is 9.53 Å². The van der Waals surface area contributed by atoms with Crippen LogP contribution in [0.25, 0.3) is 0 Å². The number of carbonyl (C=O) groups excluding carboxylic acids is 1. The molecule has 76 valence electrons. The molecule has 0 aliphatic rings. The van der Waals surface area contributed by atoms with Crippen LogP contribution in [0.2, 0.25) is 0 Å². The number of methoxy groups -OCH3 is 1. The summed E-state index contributed by atoms with van der Waals surface area (Å²) in [7, 11) is 1.47. The van der Waals surface area contributed by atoms with Gasteiger partial charge in [0.25, 0.3) is 0 Å². The number of halogens is 1. The van der Waals surface area contributed by atoms with Crippen LogP contribution in [0, 0.1) is 0 Å². The normalized spacial score (nSPS) is 9.86. The second kappa shape index (κ2) is 4.97. The number of anilines is 2. The molecule has 0 aromatic heterocycles. The Kier molecular flexibility index (Phi) is 3.91. The maximum absolute atomic E-state index is 11.2. The molecule has 1 aromatic carbocycles. The van der Waals surface area contributed by atoms with Crippen molar-refractivity contribution in [2.45, 2.75) is 0 Å². The molecule has 4 nitrogen and oxygen atoms in total. The minimum absolute atomic E-state index is 0.0290. The molecule has 0 heterocycles. The minimum Gasteiger partial charge on any atom is -0.399 e. The predicted octanol–water partition coefficient (Wildman–Crippen LogP) is 1.62. The first kappa shape index (κ1) is 11.0. The first-order valence-electron chi connectivity index (χ1n) is 3.97. The number of nitrogens with one attached hydrogen (secondary N) is 1. The molecular weight excluding hydrogens is 248 g/mol. The van der Waals surface area contributed by atoms with E-state index in [9.17, 15) is 4.79 Å². The van der Waals surface area contributed by atoms with Gasteiger partial charge in [-0.05, 0) is 34.1 Å². The molecule has 0 saturated heterocycles. The van der Waals surface area contributed by atoms with E-state index >= 15 is 0 Å². The van der Waals surface area contributed by atoms with E-state index in [1.165, 1.54) is 7.11 Å². The molecule has 0 saturated carbocycles. The van der Waals surface area contributed by atoms with Gasteiger partial charge in [-0.15, -0.1) is 0 Å². The van der Waals surface area contributed by atoms with Gasteiger partial charge in [0.2, 0.25) is 5.91 Å². The molecule has 0 radical (unpaired) electrons. The number of rotatable bonds is 3. The number of carbonyl (C=O) groups is 1. The number of hydrogen-bond donors (Lipinski definition) is 2. The van der Waals surface area contributed by atoms with Crippen LogP contribution in [0.1, 0.15) is 0 Å². The highest BCUT2D eigenvalue weighted by atomic mass is 79.9. The van der Waals surface area contributed by atoms with Crippen molar-refractivity contribution in [3.63, 3.8) is 0 Å². The lowest BCUT2D eigenvalue weighted by Crippen LogP contribution is -2.17. The molecule has 1 amide bonds. The van der Waals surface area contributed by atoms with Crippen LogP contribution in [0.3, 0.4) is 0 Å². The Morgan fingerprint density at radius 2 is 2.36 bits per heavy atom. The summed E-state index contributed by atoms with van der Waals surface area (Å²) >= 11 is 3.30. The van der Waals surface area contributed by atoms with E-state index in [-0.39, 0.29) is 12.5 Å². The first-order chi connectivity index (χ1) is 6.63. The van der Waals surface area contributed by atoms with E-state index in [4.69, 9.17) is 5.73 Å². The van der Waals surface area contributed by atoms with Crippen molar-refractivity contribution in [2.75, 3.05) is 24.8 Å². The number of nitrogens with two attached hydrogens (primary N) is 1. The SMILES string of the molecule is COCC(=O)Nc1cc(N)ccc1Br. The van der Waals surface area contributed by atoms with Crippen molar-refractivity contribution in [1.82, 2.24) is 0 Å².